The molecule has 4 aromatic rings. The maximum Gasteiger partial charge on any atom is 0.168 e. The van der Waals surface area contributed by atoms with Crippen molar-refractivity contribution in [2.24, 2.45) is 0 Å². The molecule has 0 aliphatic heterocycles. The molecule has 0 aliphatic rings. The van der Waals surface area contributed by atoms with Gasteiger partial charge in [-0.15, -0.1) is 0 Å². The van der Waals surface area contributed by atoms with Crippen molar-refractivity contribution in [2.45, 2.75) is 26.4 Å². The van der Waals surface area contributed by atoms with Crippen LogP contribution in [0.15, 0.2) is 47.2 Å². The summed E-state index contributed by atoms with van der Waals surface area (Å²) < 4.78 is 5.03. The third-order valence-electron chi connectivity index (χ3n) is 4.58. The fourth-order valence-electron chi connectivity index (χ4n) is 2.92. The monoisotopic (exact) mass is 385 g/mol. The zero-order valence-corrected chi connectivity index (χ0v) is 16.3. The molecule has 0 unspecified atom stereocenters. The second-order valence-corrected chi connectivity index (χ2v) is 7.00. The summed E-state index contributed by atoms with van der Waals surface area (Å²) in [4.78, 5) is 13.2. The van der Waals surface area contributed by atoms with E-state index in [0.29, 0.717) is 34.2 Å². The topological polar surface area (TPSA) is 111 Å². The fraction of sp³-hybridized carbons (Fsp3) is 0.182. The first-order valence-electron chi connectivity index (χ1n) is 9.01. The molecule has 4 rings (SSSR count). The van der Waals surface area contributed by atoms with E-state index in [9.17, 15) is 5.11 Å². The van der Waals surface area contributed by atoms with Crippen LogP contribution in [0.25, 0.3) is 22.3 Å². The highest BCUT2D eigenvalue weighted by Crippen LogP contribution is 2.26. The molecule has 3 N–H and O–H groups in total. The highest BCUT2D eigenvalue weighted by Gasteiger charge is 2.24. The maximum atomic E-state index is 10.6. The first-order chi connectivity index (χ1) is 13.8. The van der Waals surface area contributed by atoms with Crippen LogP contribution < -0.4 is 5.73 Å². The van der Waals surface area contributed by atoms with Gasteiger partial charge in [0.1, 0.15) is 17.3 Å². The van der Waals surface area contributed by atoms with Gasteiger partial charge in [-0.25, -0.2) is 9.97 Å². The van der Waals surface area contributed by atoms with Crippen molar-refractivity contribution in [3.8, 4) is 23.2 Å². The molecule has 1 atom stereocenters. The summed E-state index contributed by atoms with van der Waals surface area (Å²) in [5.74, 6) is 7.36. The Labute approximate surface area is 167 Å². The number of benzene rings is 1. The van der Waals surface area contributed by atoms with E-state index in [0.717, 1.165) is 16.5 Å². The van der Waals surface area contributed by atoms with E-state index in [-0.39, 0.29) is 0 Å². The third kappa shape index (κ3) is 3.66. The van der Waals surface area contributed by atoms with E-state index in [1.165, 1.54) is 0 Å². The van der Waals surface area contributed by atoms with Crippen LogP contribution in [-0.4, -0.2) is 25.2 Å². The number of nitrogen functional groups attached to an aromatic ring is 1. The van der Waals surface area contributed by atoms with E-state index in [2.05, 4.69) is 31.9 Å². The molecule has 0 fully saturated rings. The quantitative estimate of drug-likeness (QED) is 0.510. The molecule has 0 saturated carbocycles. The van der Waals surface area contributed by atoms with Crippen LogP contribution in [-0.2, 0) is 5.60 Å². The summed E-state index contributed by atoms with van der Waals surface area (Å²) >= 11 is 0. The molecule has 1 aromatic carbocycles. The molecule has 3 aromatic heterocycles. The maximum absolute atomic E-state index is 10.6. The minimum Gasteiger partial charge on any atom is -0.383 e. The molecule has 7 nitrogen and oxygen atoms in total. The van der Waals surface area contributed by atoms with Gasteiger partial charge in [-0.1, -0.05) is 23.1 Å². The second-order valence-electron chi connectivity index (χ2n) is 7.00. The molecule has 0 radical (unpaired) electrons. The summed E-state index contributed by atoms with van der Waals surface area (Å²) in [6, 6.07) is 9.14. The number of hydrogen-bond acceptors (Lipinski definition) is 7. The van der Waals surface area contributed by atoms with Gasteiger partial charge in [0.05, 0.1) is 11.7 Å². The summed E-state index contributed by atoms with van der Waals surface area (Å²) in [7, 11) is 0. The predicted octanol–water partition coefficient (Wildman–Crippen LogP) is 3.14. The third-order valence-corrected chi connectivity index (χ3v) is 4.58. The van der Waals surface area contributed by atoms with Gasteiger partial charge in [0.25, 0.3) is 0 Å². The SMILES string of the molecule is Cc1cc([C@](C)(O)C#Cc2ccc(C)c(-c3nc(N)c4ccncc4n3)c2)no1. The molecule has 3 heterocycles. The van der Waals surface area contributed by atoms with E-state index in [1.54, 1.807) is 38.4 Å². The second kappa shape index (κ2) is 7.00. The number of hydrogen-bond donors (Lipinski definition) is 2. The van der Waals surface area contributed by atoms with E-state index < -0.39 is 5.60 Å². The molecule has 0 saturated heterocycles. The Bertz CT molecular complexity index is 1280. The lowest BCUT2D eigenvalue weighted by Crippen LogP contribution is -2.18. The van der Waals surface area contributed by atoms with E-state index in [1.807, 2.05) is 25.1 Å². The Hall–Kier alpha value is -3.76. The van der Waals surface area contributed by atoms with Gasteiger partial charge < -0.3 is 15.4 Å². The number of pyridine rings is 1. The molecule has 7 heteroatoms. The number of rotatable bonds is 2. The van der Waals surface area contributed by atoms with Crippen molar-refractivity contribution in [1.82, 2.24) is 20.1 Å². The first kappa shape index (κ1) is 18.6. The van der Waals surface area contributed by atoms with Crippen molar-refractivity contribution in [1.29, 1.82) is 0 Å². The Balaban J connectivity index is 1.75. The summed E-state index contributed by atoms with van der Waals surface area (Å²) in [6.45, 7) is 5.30. The number of fused-ring (bicyclic) bond motifs is 1. The number of aliphatic hydroxyl groups is 1. The van der Waals surface area contributed by atoms with Crippen LogP contribution in [0.2, 0.25) is 0 Å². The number of anilines is 1. The number of nitrogens with two attached hydrogens (primary N) is 1. The largest absolute Gasteiger partial charge is 0.383 e. The molecule has 0 amide bonds. The van der Waals surface area contributed by atoms with Gasteiger partial charge in [0, 0.05) is 28.8 Å². The van der Waals surface area contributed by atoms with Gasteiger partial charge >= 0.3 is 0 Å². The first-order valence-corrected chi connectivity index (χ1v) is 9.01. The highest BCUT2D eigenvalue weighted by atomic mass is 16.5. The zero-order valence-electron chi connectivity index (χ0n) is 16.3. The van der Waals surface area contributed by atoms with Crippen LogP contribution in [0, 0.1) is 25.7 Å². The lowest BCUT2D eigenvalue weighted by Gasteiger charge is -2.12. The molecule has 0 bridgehead atoms. The van der Waals surface area contributed by atoms with Crippen molar-refractivity contribution >= 4 is 16.7 Å². The summed E-state index contributed by atoms with van der Waals surface area (Å²) in [5.41, 5.74) is 8.22. The standard InChI is InChI=1S/C22H19N5O2/c1-13-4-5-15(6-8-22(3,28)19-10-14(2)29-27-19)11-17(13)21-25-18-12-24-9-7-16(18)20(23)26-21/h4-5,7,9-12,28H,1-3H3,(H2,23,25,26)/t22-/m1/s1. The molecule has 0 spiro atoms. The van der Waals surface area contributed by atoms with Crippen molar-refractivity contribution in [2.75, 3.05) is 5.73 Å². The van der Waals surface area contributed by atoms with E-state index >= 15 is 0 Å². The van der Waals surface area contributed by atoms with E-state index in [4.69, 9.17) is 10.3 Å². The predicted molar refractivity (Wildman–Crippen MR) is 110 cm³/mol. The summed E-state index contributed by atoms with van der Waals surface area (Å²) in [5, 5.41) is 15.2. The smallest absolute Gasteiger partial charge is 0.168 e. The molecule has 0 aliphatic carbocycles. The number of nitrogens with zero attached hydrogens (tertiary/aromatic N) is 4. The minimum atomic E-state index is -1.43. The average molecular weight is 385 g/mol. The van der Waals surface area contributed by atoms with Crippen molar-refractivity contribution < 1.29 is 9.63 Å². The van der Waals surface area contributed by atoms with Gasteiger partial charge in [-0.05, 0) is 44.5 Å². The molecule has 29 heavy (non-hydrogen) atoms. The highest BCUT2D eigenvalue weighted by molar-refractivity contribution is 5.89. The van der Waals surface area contributed by atoms with Gasteiger partial charge in [-0.3, -0.25) is 4.98 Å². The van der Waals surface area contributed by atoms with Gasteiger partial charge in [0.15, 0.2) is 11.4 Å². The Kier molecular flexibility index (Phi) is 4.49. The van der Waals surface area contributed by atoms with Crippen LogP contribution in [0.1, 0.15) is 29.5 Å². The Morgan fingerprint density at radius 2 is 1.97 bits per heavy atom. The van der Waals surface area contributed by atoms with Crippen molar-refractivity contribution in [3.63, 3.8) is 0 Å². The van der Waals surface area contributed by atoms with Crippen LogP contribution in [0.4, 0.5) is 5.82 Å². The lowest BCUT2D eigenvalue weighted by molar-refractivity contribution is 0.112. The zero-order chi connectivity index (χ0) is 20.6. The lowest BCUT2D eigenvalue weighted by atomic mass is 10.0. The Morgan fingerprint density at radius 3 is 2.72 bits per heavy atom. The molecule has 144 valence electrons. The minimum absolute atomic E-state index is 0.368. The fourth-order valence-corrected chi connectivity index (χ4v) is 2.92. The normalized spacial score (nSPS) is 13.0. The molecular weight excluding hydrogens is 366 g/mol. The number of aromatic nitrogens is 4. The van der Waals surface area contributed by atoms with Gasteiger partial charge in [-0.2, -0.15) is 0 Å². The van der Waals surface area contributed by atoms with Crippen molar-refractivity contribution in [3.05, 3.63) is 65.3 Å². The van der Waals surface area contributed by atoms with Gasteiger partial charge in [0.2, 0.25) is 0 Å². The average Bonchev–Trinajstić information content (AvgIpc) is 3.15. The van der Waals surface area contributed by atoms with Crippen LogP contribution >= 0.6 is 0 Å². The molecular formula is C22H19N5O2. The summed E-state index contributed by atoms with van der Waals surface area (Å²) in [6.07, 6.45) is 3.32. The van der Waals surface area contributed by atoms with Crippen LogP contribution in [0.3, 0.4) is 0 Å². The van der Waals surface area contributed by atoms with Crippen LogP contribution in [0.5, 0.6) is 0 Å². The Morgan fingerprint density at radius 1 is 1.14 bits per heavy atom. The number of aryl methyl sites for hydroxylation is 2.